The molecule has 0 heterocycles. The Balaban J connectivity index is 1.98. The fourth-order valence-corrected chi connectivity index (χ4v) is 2.40. The molecule has 0 N–H and O–H groups in total. The van der Waals surface area contributed by atoms with E-state index in [9.17, 15) is 0 Å². The van der Waals surface area contributed by atoms with Gasteiger partial charge in [-0.1, -0.05) is 6.07 Å². The second kappa shape index (κ2) is 5.29. The first kappa shape index (κ1) is 12.7. The molecular weight excluding hydrogens is 302 g/mol. The minimum absolute atomic E-state index is 0.110. The molecule has 2 rings (SSSR count). The summed E-state index contributed by atoms with van der Waals surface area (Å²) in [7, 11) is 0. The van der Waals surface area contributed by atoms with Crippen molar-refractivity contribution in [1.82, 2.24) is 0 Å². The van der Waals surface area contributed by atoms with Gasteiger partial charge in [-0.2, -0.15) is 5.26 Å². The molecule has 0 aromatic heterocycles. The van der Waals surface area contributed by atoms with Gasteiger partial charge in [-0.15, -0.1) is 11.6 Å². The molecule has 1 aromatic carbocycles. The van der Waals surface area contributed by atoms with Crippen LogP contribution in [0, 0.1) is 16.7 Å². The molecule has 2 nitrogen and oxygen atoms in total. The molecule has 0 atom stereocenters. The van der Waals surface area contributed by atoms with Gasteiger partial charge in [0.1, 0.15) is 5.75 Å². The Labute approximate surface area is 115 Å². The summed E-state index contributed by atoms with van der Waals surface area (Å²) in [6, 6.07) is 8.07. The molecule has 0 saturated heterocycles. The molecule has 1 fully saturated rings. The van der Waals surface area contributed by atoms with Crippen LogP contribution in [0.3, 0.4) is 0 Å². The Kier molecular flexibility index (Phi) is 3.96. The zero-order valence-corrected chi connectivity index (χ0v) is 11.7. The highest BCUT2D eigenvalue weighted by Gasteiger charge is 2.43. The van der Waals surface area contributed by atoms with Crippen molar-refractivity contribution in [2.24, 2.45) is 5.41 Å². The Hall–Kier alpha value is -0.720. The summed E-state index contributed by atoms with van der Waals surface area (Å²) in [5, 5.41) is 8.73. The average Bonchev–Trinajstić information content (AvgIpc) is 3.08. The first-order valence-corrected chi connectivity index (χ1v) is 6.86. The minimum Gasteiger partial charge on any atom is -0.492 e. The average molecular weight is 315 g/mol. The predicted molar refractivity (Wildman–Crippen MR) is 71.1 cm³/mol. The molecule has 0 aliphatic heterocycles. The summed E-state index contributed by atoms with van der Waals surface area (Å²) in [4.78, 5) is 0. The number of hydrogen-bond donors (Lipinski definition) is 0. The van der Waals surface area contributed by atoms with Crippen molar-refractivity contribution >= 4 is 27.5 Å². The number of hydrogen-bond acceptors (Lipinski definition) is 2. The van der Waals surface area contributed by atoms with E-state index >= 15 is 0 Å². The fourth-order valence-electron chi connectivity index (χ4n) is 1.69. The number of rotatable bonds is 5. The van der Waals surface area contributed by atoms with Gasteiger partial charge in [0.25, 0.3) is 0 Å². The third-order valence-electron chi connectivity index (χ3n) is 3.10. The third-order valence-corrected chi connectivity index (χ3v) is 4.02. The van der Waals surface area contributed by atoms with Gasteiger partial charge in [-0.3, -0.25) is 0 Å². The number of halogens is 2. The highest BCUT2D eigenvalue weighted by molar-refractivity contribution is 9.10. The van der Waals surface area contributed by atoms with E-state index in [1.807, 2.05) is 18.2 Å². The molecule has 17 heavy (non-hydrogen) atoms. The number of benzene rings is 1. The van der Waals surface area contributed by atoms with Crippen LogP contribution in [0.4, 0.5) is 0 Å². The van der Waals surface area contributed by atoms with Crippen molar-refractivity contribution < 1.29 is 4.74 Å². The Morgan fingerprint density at radius 1 is 1.47 bits per heavy atom. The van der Waals surface area contributed by atoms with Gasteiger partial charge < -0.3 is 4.74 Å². The van der Waals surface area contributed by atoms with Crippen molar-refractivity contribution in [3.8, 4) is 11.8 Å². The number of nitriles is 1. The molecule has 0 amide bonds. The summed E-state index contributed by atoms with van der Waals surface area (Å²) in [6.07, 6.45) is 2.78. The lowest BCUT2D eigenvalue weighted by Gasteiger charge is -2.14. The second-order valence-corrected chi connectivity index (χ2v) is 5.64. The van der Waals surface area contributed by atoms with Crippen LogP contribution in [0.2, 0.25) is 0 Å². The van der Waals surface area contributed by atoms with Crippen LogP contribution < -0.4 is 4.74 Å². The van der Waals surface area contributed by atoms with Crippen LogP contribution in [-0.2, 0) is 5.88 Å². The molecule has 90 valence electrons. The van der Waals surface area contributed by atoms with Crippen LogP contribution in [0.1, 0.15) is 24.8 Å². The minimum atomic E-state index is 0.110. The molecule has 1 aromatic rings. The van der Waals surface area contributed by atoms with E-state index in [0.717, 1.165) is 28.6 Å². The largest absolute Gasteiger partial charge is 0.492 e. The second-order valence-electron chi connectivity index (χ2n) is 4.52. The van der Waals surface area contributed by atoms with Gasteiger partial charge in [-0.25, -0.2) is 0 Å². The lowest BCUT2D eigenvalue weighted by Crippen LogP contribution is -2.12. The van der Waals surface area contributed by atoms with Gasteiger partial charge in [-0.05, 0) is 46.5 Å². The smallest absolute Gasteiger partial charge is 0.133 e. The van der Waals surface area contributed by atoms with E-state index in [0.29, 0.717) is 18.9 Å². The predicted octanol–water partition coefficient (Wildman–Crippen LogP) is 4.26. The topological polar surface area (TPSA) is 33.0 Å². The highest BCUT2D eigenvalue weighted by Crippen LogP contribution is 2.49. The maximum absolute atomic E-state index is 8.73. The van der Waals surface area contributed by atoms with E-state index in [-0.39, 0.29) is 5.41 Å². The molecule has 0 bridgehead atoms. The SMILES string of the molecule is N#CCC1(COc2ccc(CCl)cc2Br)CC1. The summed E-state index contributed by atoms with van der Waals surface area (Å²) < 4.78 is 6.69. The monoisotopic (exact) mass is 313 g/mol. The van der Waals surface area contributed by atoms with Gasteiger partial charge in [0, 0.05) is 17.7 Å². The van der Waals surface area contributed by atoms with E-state index in [1.54, 1.807) is 0 Å². The summed E-state index contributed by atoms with van der Waals surface area (Å²) in [5.74, 6) is 1.32. The Morgan fingerprint density at radius 3 is 2.76 bits per heavy atom. The quantitative estimate of drug-likeness (QED) is 0.761. The molecule has 1 saturated carbocycles. The van der Waals surface area contributed by atoms with Gasteiger partial charge >= 0.3 is 0 Å². The van der Waals surface area contributed by atoms with Gasteiger partial charge in [0.15, 0.2) is 0 Å². The van der Waals surface area contributed by atoms with Crippen LogP contribution in [0.5, 0.6) is 5.75 Å². The van der Waals surface area contributed by atoms with Crippen LogP contribution >= 0.6 is 27.5 Å². The Bertz CT molecular complexity index is 451. The summed E-state index contributed by atoms with van der Waals surface area (Å²) in [5.41, 5.74) is 1.17. The molecule has 0 unspecified atom stereocenters. The first-order chi connectivity index (χ1) is 8.19. The van der Waals surface area contributed by atoms with Crippen molar-refractivity contribution in [3.63, 3.8) is 0 Å². The molecule has 1 aliphatic carbocycles. The maximum atomic E-state index is 8.73. The van der Waals surface area contributed by atoms with Crippen LogP contribution in [0.25, 0.3) is 0 Å². The number of alkyl halides is 1. The van der Waals surface area contributed by atoms with Gasteiger partial charge in [0.2, 0.25) is 0 Å². The lowest BCUT2D eigenvalue weighted by molar-refractivity contribution is 0.235. The van der Waals surface area contributed by atoms with Crippen LogP contribution in [-0.4, -0.2) is 6.61 Å². The van der Waals surface area contributed by atoms with Crippen LogP contribution in [0.15, 0.2) is 22.7 Å². The van der Waals surface area contributed by atoms with Crippen molar-refractivity contribution in [1.29, 1.82) is 5.26 Å². The van der Waals surface area contributed by atoms with E-state index < -0.39 is 0 Å². The van der Waals surface area contributed by atoms with E-state index in [2.05, 4.69) is 22.0 Å². The Morgan fingerprint density at radius 2 is 2.24 bits per heavy atom. The fraction of sp³-hybridized carbons (Fsp3) is 0.462. The van der Waals surface area contributed by atoms with Crippen molar-refractivity contribution in [2.45, 2.75) is 25.1 Å². The zero-order valence-electron chi connectivity index (χ0n) is 9.38. The molecular formula is C13H13BrClNO. The van der Waals surface area contributed by atoms with Crippen molar-refractivity contribution in [3.05, 3.63) is 28.2 Å². The molecule has 0 spiro atoms. The first-order valence-electron chi connectivity index (χ1n) is 5.53. The lowest BCUT2D eigenvalue weighted by atomic mass is 10.1. The molecule has 4 heteroatoms. The number of nitrogens with zero attached hydrogens (tertiary/aromatic N) is 1. The van der Waals surface area contributed by atoms with Gasteiger partial charge in [0.05, 0.1) is 17.1 Å². The third kappa shape index (κ3) is 3.14. The normalized spacial score (nSPS) is 16.3. The highest BCUT2D eigenvalue weighted by atomic mass is 79.9. The van der Waals surface area contributed by atoms with Crippen molar-refractivity contribution in [2.75, 3.05) is 6.61 Å². The zero-order chi connectivity index (χ0) is 12.3. The van der Waals surface area contributed by atoms with E-state index in [4.69, 9.17) is 21.6 Å². The number of ether oxygens (including phenoxy) is 1. The summed E-state index contributed by atoms with van der Waals surface area (Å²) in [6.45, 7) is 0.624. The molecule has 0 radical (unpaired) electrons. The summed E-state index contributed by atoms with van der Waals surface area (Å²) >= 11 is 9.22. The van der Waals surface area contributed by atoms with E-state index in [1.165, 1.54) is 0 Å². The molecule has 1 aliphatic rings. The standard InChI is InChI=1S/C13H13BrClNO/c14-11-7-10(8-15)1-2-12(11)17-9-13(3-4-13)5-6-16/h1-2,7H,3-5,8-9H2. The maximum Gasteiger partial charge on any atom is 0.133 e.